The van der Waals surface area contributed by atoms with E-state index in [2.05, 4.69) is 15.2 Å². The van der Waals surface area contributed by atoms with Gasteiger partial charge in [-0.3, -0.25) is 4.79 Å². The minimum Gasteiger partial charge on any atom is -0.375 e. The Labute approximate surface area is 135 Å². The molecule has 0 unspecified atom stereocenters. The van der Waals surface area contributed by atoms with E-state index in [4.69, 9.17) is 4.74 Å². The Morgan fingerprint density at radius 1 is 1.43 bits per heavy atom. The second-order valence-corrected chi connectivity index (χ2v) is 6.95. The molecule has 1 amide bonds. The van der Waals surface area contributed by atoms with E-state index in [1.54, 1.807) is 0 Å². The smallest absolute Gasteiger partial charge is 0.253 e. The zero-order valence-corrected chi connectivity index (χ0v) is 13.4. The molecule has 0 spiro atoms. The SMILES string of the molecule is Cc1cc2c(nc1N1CCC(OCC3(F)CC3)CC1)CNC2=O. The molecule has 1 aromatic rings. The Morgan fingerprint density at radius 2 is 2.17 bits per heavy atom. The van der Waals surface area contributed by atoms with Gasteiger partial charge in [0.1, 0.15) is 11.5 Å². The van der Waals surface area contributed by atoms with Crippen molar-refractivity contribution in [3.8, 4) is 0 Å². The fraction of sp³-hybridized carbons (Fsp3) is 0.647. The van der Waals surface area contributed by atoms with Crippen molar-refractivity contribution in [3.05, 3.63) is 22.9 Å². The summed E-state index contributed by atoms with van der Waals surface area (Å²) in [5, 5.41) is 2.81. The van der Waals surface area contributed by atoms with Gasteiger partial charge in [0, 0.05) is 13.1 Å². The fourth-order valence-corrected chi connectivity index (χ4v) is 3.33. The minimum atomic E-state index is -1.03. The maximum absolute atomic E-state index is 13.6. The number of aryl methyl sites for hydroxylation is 1. The molecule has 124 valence electrons. The first kappa shape index (κ1) is 14.9. The summed E-state index contributed by atoms with van der Waals surface area (Å²) in [4.78, 5) is 18.6. The lowest BCUT2D eigenvalue weighted by Crippen LogP contribution is -2.38. The van der Waals surface area contributed by atoms with E-state index >= 15 is 0 Å². The molecule has 4 rings (SSSR count). The molecular formula is C17H22FN3O2. The number of alkyl halides is 1. The van der Waals surface area contributed by atoms with Crippen LogP contribution in [-0.2, 0) is 11.3 Å². The Bertz CT molecular complexity index is 637. The van der Waals surface area contributed by atoms with Gasteiger partial charge in [-0.15, -0.1) is 0 Å². The van der Waals surface area contributed by atoms with Crippen LogP contribution in [0.25, 0.3) is 0 Å². The maximum Gasteiger partial charge on any atom is 0.253 e. The normalized spacial score (nSPS) is 22.9. The van der Waals surface area contributed by atoms with E-state index in [9.17, 15) is 9.18 Å². The maximum atomic E-state index is 13.6. The summed E-state index contributed by atoms with van der Waals surface area (Å²) in [5.41, 5.74) is 1.53. The summed E-state index contributed by atoms with van der Waals surface area (Å²) in [5.74, 6) is 0.928. The Morgan fingerprint density at radius 3 is 2.87 bits per heavy atom. The quantitative estimate of drug-likeness (QED) is 0.924. The Balaban J connectivity index is 1.39. The van der Waals surface area contributed by atoms with Crippen LogP contribution in [-0.4, -0.2) is 42.4 Å². The number of rotatable bonds is 4. The standard InChI is InChI=1S/C17H22FN3O2/c1-11-8-13-14(9-19-16(13)22)20-15(11)21-6-2-12(3-7-21)23-10-17(18)4-5-17/h8,12H,2-7,9-10H2,1H3,(H,19,22). The Hall–Kier alpha value is -1.69. The van der Waals surface area contributed by atoms with Crippen molar-refractivity contribution in [3.63, 3.8) is 0 Å². The number of pyridine rings is 1. The average molecular weight is 319 g/mol. The highest BCUT2D eigenvalue weighted by Gasteiger charge is 2.44. The van der Waals surface area contributed by atoms with Crippen LogP contribution in [0.1, 0.15) is 47.3 Å². The number of aromatic nitrogens is 1. The molecular weight excluding hydrogens is 297 g/mol. The van der Waals surface area contributed by atoms with E-state index in [0.29, 0.717) is 24.9 Å². The Kier molecular flexibility index (Phi) is 3.52. The van der Waals surface area contributed by atoms with E-state index < -0.39 is 5.67 Å². The second-order valence-electron chi connectivity index (χ2n) is 6.95. The molecule has 1 aromatic heterocycles. The number of hydrogen-bond donors (Lipinski definition) is 1. The number of ether oxygens (including phenoxy) is 1. The third kappa shape index (κ3) is 2.92. The molecule has 1 saturated heterocycles. The van der Waals surface area contributed by atoms with Crippen LogP contribution in [0.2, 0.25) is 0 Å². The van der Waals surface area contributed by atoms with Gasteiger partial charge in [-0.2, -0.15) is 0 Å². The van der Waals surface area contributed by atoms with Gasteiger partial charge in [0.25, 0.3) is 5.91 Å². The molecule has 0 atom stereocenters. The zero-order valence-electron chi connectivity index (χ0n) is 13.4. The summed E-state index contributed by atoms with van der Waals surface area (Å²) >= 11 is 0. The van der Waals surface area contributed by atoms with Crippen molar-refractivity contribution in [2.24, 2.45) is 0 Å². The first-order valence-corrected chi connectivity index (χ1v) is 8.38. The summed E-state index contributed by atoms with van der Waals surface area (Å²) in [7, 11) is 0. The van der Waals surface area contributed by atoms with Gasteiger partial charge >= 0.3 is 0 Å². The van der Waals surface area contributed by atoms with Crippen LogP contribution in [0.4, 0.5) is 10.2 Å². The summed E-state index contributed by atoms with van der Waals surface area (Å²) in [6.07, 6.45) is 3.24. The molecule has 1 N–H and O–H groups in total. The average Bonchev–Trinajstić information content (AvgIpc) is 3.19. The third-order valence-corrected chi connectivity index (χ3v) is 5.04. The number of carbonyl (C=O) groups excluding carboxylic acids is 1. The van der Waals surface area contributed by atoms with Gasteiger partial charge in [-0.05, 0) is 44.2 Å². The summed E-state index contributed by atoms with van der Waals surface area (Å²) in [6, 6.07) is 1.93. The lowest BCUT2D eigenvalue weighted by Gasteiger charge is -2.34. The monoisotopic (exact) mass is 319 g/mol. The molecule has 6 heteroatoms. The van der Waals surface area contributed by atoms with Crippen molar-refractivity contribution >= 4 is 11.7 Å². The molecule has 5 nitrogen and oxygen atoms in total. The fourth-order valence-electron chi connectivity index (χ4n) is 3.33. The highest BCUT2D eigenvalue weighted by molar-refractivity contribution is 5.98. The molecule has 1 aliphatic carbocycles. The molecule has 0 aromatic carbocycles. The van der Waals surface area contributed by atoms with Gasteiger partial charge in [-0.25, -0.2) is 9.37 Å². The number of anilines is 1. The summed E-state index contributed by atoms with van der Waals surface area (Å²) < 4.78 is 19.4. The topological polar surface area (TPSA) is 54.5 Å². The number of nitrogens with one attached hydrogen (secondary N) is 1. The molecule has 0 radical (unpaired) electrons. The van der Waals surface area contributed by atoms with Crippen LogP contribution < -0.4 is 10.2 Å². The van der Waals surface area contributed by atoms with Crippen LogP contribution in [0, 0.1) is 6.92 Å². The van der Waals surface area contributed by atoms with Crippen LogP contribution in [0.15, 0.2) is 6.07 Å². The number of piperidine rings is 1. The molecule has 0 bridgehead atoms. The predicted octanol–water partition coefficient (Wildman–Crippen LogP) is 2.12. The van der Waals surface area contributed by atoms with Crippen LogP contribution >= 0.6 is 0 Å². The van der Waals surface area contributed by atoms with Crippen molar-refractivity contribution in [2.75, 3.05) is 24.6 Å². The zero-order chi connectivity index (χ0) is 16.0. The predicted molar refractivity (Wildman–Crippen MR) is 84.4 cm³/mol. The molecule has 3 aliphatic rings. The van der Waals surface area contributed by atoms with E-state index in [0.717, 1.165) is 43.0 Å². The van der Waals surface area contributed by atoms with Crippen LogP contribution in [0.5, 0.6) is 0 Å². The lowest BCUT2D eigenvalue weighted by atomic mass is 10.1. The van der Waals surface area contributed by atoms with Crippen LogP contribution in [0.3, 0.4) is 0 Å². The number of fused-ring (bicyclic) bond motifs is 1. The van der Waals surface area contributed by atoms with Crippen molar-refractivity contribution in [2.45, 2.75) is 50.9 Å². The summed E-state index contributed by atoms with van der Waals surface area (Å²) in [6.45, 7) is 4.48. The van der Waals surface area contributed by atoms with E-state index in [-0.39, 0.29) is 18.6 Å². The van der Waals surface area contributed by atoms with E-state index in [1.807, 2.05) is 13.0 Å². The number of nitrogens with zero attached hydrogens (tertiary/aromatic N) is 2. The number of amides is 1. The molecule has 2 aliphatic heterocycles. The van der Waals surface area contributed by atoms with Crippen molar-refractivity contribution < 1.29 is 13.9 Å². The van der Waals surface area contributed by atoms with Gasteiger partial charge < -0.3 is 15.0 Å². The van der Waals surface area contributed by atoms with Crippen molar-refractivity contribution in [1.82, 2.24) is 10.3 Å². The number of hydrogen-bond acceptors (Lipinski definition) is 4. The molecule has 2 fully saturated rings. The molecule has 3 heterocycles. The molecule has 1 saturated carbocycles. The second kappa shape index (κ2) is 5.44. The van der Waals surface area contributed by atoms with Gasteiger partial charge in [0.05, 0.1) is 30.5 Å². The first-order chi connectivity index (χ1) is 11.0. The van der Waals surface area contributed by atoms with E-state index in [1.165, 1.54) is 0 Å². The minimum absolute atomic E-state index is 0.0329. The lowest BCUT2D eigenvalue weighted by molar-refractivity contribution is -0.00126. The third-order valence-electron chi connectivity index (χ3n) is 5.04. The number of halogens is 1. The van der Waals surface area contributed by atoms with Gasteiger partial charge in [0.2, 0.25) is 0 Å². The number of carbonyl (C=O) groups is 1. The van der Waals surface area contributed by atoms with Gasteiger partial charge in [0.15, 0.2) is 0 Å². The highest BCUT2D eigenvalue weighted by atomic mass is 19.1. The largest absolute Gasteiger partial charge is 0.375 e. The first-order valence-electron chi connectivity index (χ1n) is 8.38. The highest BCUT2D eigenvalue weighted by Crippen LogP contribution is 2.40. The van der Waals surface area contributed by atoms with Crippen molar-refractivity contribution in [1.29, 1.82) is 0 Å². The van der Waals surface area contributed by atoms with Gasteiger partial charge in [-0.1, -0.05) is 0 Å². The molecule has 23 heavy (non-hydrogen) atoms.